The molecule has 0 spiro atoms. The van der Waals surface area contributed by atoms with Gasteiger partial charge in [-0.15, -0.1) is 0 Å². The highest BCUT2D eigenvalue weighted by Gasteiger charge is 1.81. The van der Waals surface area contributed by atoms with Gasteiger partial charge in [0, 0.05) is 18.0 Å². The predicted octanol–water partition coefficient (Wildman–Crippen LogP) is 1.85. The quantitative estimate of drug-likeness (QED) is 0.571. The SMILES string of the molecule is CC.O=Cc1cc[nH]c1. The van der Waals surface area contributed by atoms with Crippen LogP contribution in [0.2, 0.25) is 0 Å². The summed E-state index contributed by atoms with van der Waals surface area (Å²) in [4.78, 5) is 12.6. The van der Waals surface area contributed by atoms with Crippen LogP contribution in [-0.2, 0) is 0 Å². The summed E-state index contributed by atoms with van der Waals surface area (Å²) in [7, 11) is 0. The maximum atomic E-state index is 9.85. The first-order valence-corrected chi connectivity index (χ1v) is 3.01. The van der Waals surface area contributed by atoms with Crippen molar-refractivity contribution in [2.75, 3.05) is 0 Å². The summed E-state index contributed by atoms with van der Waals surface area (Å²) in [6.07, 6.45) is 4.16. The first kappa shape index (κ1) is 7.95. The number of H-pyrrole nitrogens is 1. The smallest absolute Gasteiger partial charge is 0.151 e. The number of hydrogen-bond acceptors (Lipinski definition) is 1. The lowest BCUT2D eigenvalue weighted by molar-refractivity contribution is 0.112. The number of rotatable bonds is 1. The number of aromatic amines is 1. The molecular weight excluding hydrogens is 114 g/mol. The number of carbonyl (C=O) groups excluding carboxylic acids is 1. The molecule has 0 aliphatic heterocycles. The maximum absolute atomic E-state index is 9.85. The fraction of sp³-hybridized carbons (Fsp3) is 0.286. The van der Waals surface area contributed by atoms with E-state index < -0.39 is 0 Å². The van der Waals surface area contributed by atoms with E-state index in [4.69, 9.17) is 0 Å². The van der Waals surface area contributed by atoms with Gasteiger partial charge in [0.1, 0.15) is 0 Å². The summed E-state index contributed by atoms with van der Waals surface area (Å²) >= 11 is 0. The van der Waals surface area contributed by atoms with E-state index in [0.717, 1.165) is 6.29 Å². The van der Waals surface area contributed by atoms with E-state index in [9.17, 15) is 4.79 Å². The van der Waals surface area contributed by atoms with E-state index >= 15 is 0 Å². The molecule has 9 heavy (non-hydrogen) atoms. The number of carbonyl (C=O) groups is 1. The Labute approximate surface area is 54.9 Å². The van der Waals surface area contributed by atoms with Gasteiger partial charge in [0.2, 0.25) is 0 Å². The first-order valence-electron chi connectivity index (χ1n) is 3.01. The van der Waals surface area contributed by atoms with Crippen LogP contribution in [0.25, 0.3) is 0 Å². The third kappa shape index (κ3) is 2.69. The minimum Gasteiger partial charge on any atom is -0.367 e. The second kappa shape index (κ2) is 5.09. The van der Waals surface area contributed by atoms with Gasteiger partial charge in [-0.05, 0) is 6.07 Å². The van der Waals surface area contributed by atoms with Crippen molar-refractivity contribution in [1.29, 1.82) is 0 Å². The Balaban J connectivity index is 0.000000291. The van der Waals surface area contributed by atoms with Crippen LogP contribution in [0.15, 0.2) is 18.5 Å². The van der Waals surface area contributed by atoms with Crippen LogP contribution in [-0.4, -0.2) is 11.3 Å². The highest BCUT2D eigenvalue weighted by molar-refractivity contribution is 5.73. The van der Waals surface area contributed by atoms with Gasteiger partial charge in [0.05, 0.1) is 0 Å². The fourth-order valence-electron chi connectivity index (χ4n) is 0.410. The Morgan fingerprint density at radius 2 is 2.22 bits per heavy atom. The van der Waals surface area contributed by atoms with E-state index in [-0.39, 0.29) is 0 Å². The zero-order chi connectivity index (χ0) is 7.11. The minimum absolute atomic E-state index is 0.694. The van der Waals surface area contributed by atoms with Gasteiger partial charge >= 0.3 is 0 Å². The topological polar surface area (TPSA) is 32.9 Å². The fourth-order valence-corrected chi connectivity index (χ4v) is 0.410. The van der Waals surface area contributed by atoms with Crippen molar-refractivity contribution in [3.05, 3.63) is 24.0 Å². The Bertz CT molecular complexity index is 144. The van der Waals surface area contributed by atoms with Gasteiger partial charge in [0.15, 0.2) is 6.29 Å². The van der Waals surface area contributed by atoms with Crippen LogP contribution in [0.1, 0.15) is 24.2 Å². The summed E-state index contributed by atoms with van der Waals surface area (Å²) in [6, 6.07) is 1.72. The molecule has 1 rings (SSSR count). The minimum atomic E-state index is 0.694. The lowest BCUT2D eigenvalue weighted by atomic mass is 10.4. The average Bonchev–Trinajstić information content (AvgIpc) is 2.43. The monoisotopic (exact) mass is 125 g/mol. The summed E-state index contributed by atoms with van der Waals surface area (Å²) < 4.78 is 0. The van der Waals surface area contributed by atoms with Gasteiger partial charge in [0.25, 0.3) is 0 Å². The molecule has 1 N–H and O–H groups in total. The van der Waals surface area contributed by atoms with Crippen molar-refractivity contribution in [2.24, 2.45) is 0 Å². The van der Waals surface area contributed by atoms with Crippen LogP contribution < -0.4 is 0 Å². The average molecular weight is 125 g/mol. The Morgan fingerprint density at radius 3 is 2.44 bits per heavy atom. The van der Waals surface area contributed by atoms with E-state index in [2.05, 4.69) is 4.98 Å². The van der Waals surface area contributed by atoms with Crippen molar-refractivity contribution in [2.45, 2.75) is 13.8 Å². The molecule has 0 aliphatic carbocycles. The van der Waals surface area contributed by atoms with Gasteiger partial charge in [-0.25, -0.2) is 0 Å². The third-order valence-electron chi connectivity index (χ3n) is 0.758. The molecule has 0 radical (unpaired) electrons. The van der Waals surface area contributed by atoms with E-state index in [1.165, 1.54) is 0 Å². The van der Waals surface area contributed by atoms with Crippen LogP contribution >= 0.6 is 0 Å². The van der Waals surface area contributed by atoms with Crippen LogP contribution in [0, 0.1) is 0 Å². The summed E-state index contributed by atoms with van der Waals surface area (Å²) in [5.74, 6) is 0. The van der Waals surface area contributed by atoms with Crippen molar-refractivity contribution in [1.82, 2.24) is 4.98 Å². The molecule has 0 amide bonds. The van der Waals surface area contributed by atoms with Gasteiger partial charge in [-0.3, -0.25) is 4.79 Å². The summed E-state index contributed by atoms with van der Waals surface area (Å²) in [5.41, 5.74) is 0.694. The van der Waals surface area contributed by atoms with Gasteiger partial charge in [-0.1, -0.05) is 13.8 Å². The summed E-state index contributed by atoms with van der Waals surface area (Å²) in [6.45, 7) is 4.00. The molecule has 0 fully saturated rings. The number of aldehydes is 1. The van der Waals surface area contributed by atoms with Crippen LogP contribution in [0.5, 0.6) is 0 Å². The molecule has 1 heterocycles. The molecule has 2 nitrogen and oxygen atoms in total. The number of hydrogen-bond donors (Lipinski definition) is 1. The lowest BCUT2D eigenvalue weighted by Gasteiger charge is -1.66. The van der Waals surface area contributed by atoms with Crippen molar-refractivity contribution < 1.29 is 4.79 Å². The molecule has 0 saturated carbocycles. The molecule has 50 valence electrons. The predicted molar refractivity (Wildman–Crippen MR) is 37.5 cm³/mol. The highest BCUT2D eigenvalue weighted by Crippen LogP contribution is 1.87. The maximum Gasteiger partial charge on any atom is 0.151 e. The molecule has 0 unspecified atom stereocenters. The molecule has 0 bridgehead atoms. The number of nitrogens with one attached hydrogen (secondary N) is 1. The second-order valence-corrected chi connectivity index (χ2v) is 1.26. The molecule has 2 heteroatoms. The summed E-state index contributed by atoms with van der Waals surface area (Å²) in [5, 5.41) is 0. The molecule has 1 aromatic heterocycles. The second-order valence-electron chi connectivity index (χ2n) is 1.26. The zero-order valence-electron chi connectivity index (χ0n) is 5.72. The third-order valence-corrected chi connectivity index (χ3v) is 0.758. The van der Waals surface area contributed by atoms with Crippen LogP contribution in [0.3, 0.4) is 0 Å². The van der Waals surface area contributed by atoms with Gasteiger partial charge in [-0.2, -0.15) is 0 Å². The molecule has 0 aromatic carbocycles. The standard InChI is InChI=1S/C5H5NO.C2H6/c7-4-5-1-2-6-3-5;1-2/h1-4,6H;1-2H3. The molecule has 0 saturated heterocycles. The number of aromatic nitrogens is 1. The normalized spacial score (nSPS) is 7.33. The van der Waals surface area contributed by atoms with Crippen molar-refractivity contribution in [3.63, 3.8) is 0 Å². The lowest BCUT2D eigenvalue weighted by Crippen LogP contribution is -1.66. The highest BCUT2D eigenvalue weighted by atomic mass is 16.1. The van der Waals surface area contributed by atoms with Crippen molar-refractivity contribution in [3.8, 4) is 0 Å². The van der Waals surface area contributed by atoms with Crippen molar-refractivity contribution >= 4 is 6.29 Å². The Morgan fingerprint density at radius 1 is 1.56 bits per heavy atom. The first-order chi connectivity index (χ1) is 4.43. The van der Waals surface area contributed by atoms with E-state index in [1.807, 2.05) is 13.8 Å². The molecule has 0 aliphatic rings. The molecule has 0 atom stereocenters. The molecular formula is C7H11NO. The van der Waals surface area contributed by atoms with E-state index in [0.29, 0.717) is 5.56 Å². The zero-order valence-corrected chi connectivity index (χ0v) is 5.72. The Kier molecular flexibility index (Phi) is 4.50. The van der Waals surface area contributed by atoms with Crippen LogP contribution in [0.4, 0.5) is 0 Å². The largest absolute Gasteiger partial charge is 0.367 e. The van der Waals surface area contributed by atoms with Gasteiger partial charge < -0.3 is 4.98 Å². The molecule has 1 aromatic rings. The Hall–Kier alpha value is -1.05. The van der Waals surface area contributed by atoms with E-state index in [1.54, 1.807) is 18.5 Å².